The quantitative estimate of drug-likeness (QED) is 0.851. The van der Waals surface area contributed by atoms with Crippen LogP contribution in [-0.2, 0) is 6.18 Å². The number of nitrogens with zero attached hydrogens (tertiary/aromatic N) is 2. The Bertz CT molecular complexity index is 585. The highest BCUT2D eigenvalue weighted by molar-refractivity contribution is 5.46. The van der Waals surface area contributed by atoms with Crippen molar-refractivity contribution in [2.45, 2.75) is 20.0 Å². The fraction of sp³-hybridized carbons (Fsp3) is 0.250. The molecule has 1 aromatic heterocycles. The van der Waals surface area contributed by atoms with Gasteiger partial charge in [0.15, 0.2) is 0 Å². The monoisotopic (exact) mass is 255 g/mol. The van der Waals surface area contributed by atoms with Crippen LogP contribution in [0.5, 0.6) is 0 Å². The van der Waals surface area contributed by atoms with Gasteiger partial charge in [0, 0.05) is 11.8 Å². The standard InChI is InChI=1S/C12H12F3N3/c1-7-3-4-9(12(13,14)15)6-10(7)18-8(2)5-11(16)17-18/h3-6H,1-2H3,(H2,16,17). The lowest BCUT2D eigenvalue weighted by Gasteiger charge is -2.12. The van der Waals surface area contributed by atoms with Crippen molar-refractivity contribution < 1.29 is 13.2 Å². The van der Waals surface area contributed by atoms with E-state index >= 15 is 0 Å². The molecule has 0 atom stereocenters. The molecule has 3 nitrogen and oxygen atoms in total. The fourth-order valence-electron chi connectivity index (χ4n) is 1.76. The number of anilines is 1. The van der Waals surface area contributed by atoms with Crippen molar-refractivity contribution in [2.24, 2.45) is 0 Å². The van der Waals surface area contributed by atoms with Gasteiger partial charge in [0.25, 0.3) is 0 Å². The average Bonchev–Trinajstić information content (AvgIpc) is 2.56. The van der Waals surface area contributed by atoms with Gasteiger partial charge in [-0.3, -0.25) is 0 Å². The molecule has 2 N–H and O–H groups in total. The van der Waals surface area contributed by atoms with E-state index < -0.39 is 11.7 Å². The molecule has 0 aliphatic rings. The molecule has 96 valence electrons. The first kappa shape index (κ1) is 12.5. The van der Waals surface area contributed by atoms with Crippen LogP contribution in [0, 0.1) is 13.8 Å². The van der Waals surface area contributed by atoms with Gasteiger partial charge in [-0.05, 0) is 31.5 Å². The molecule has 18 heavy (non-hydrogen) atoms. The van der Waals surface area contributed by atoms with Crippen LogP contribution in [0.25, 0.3) is 5.69 Å². The zero-order chi connectivity index (χ0) is 13.5. The highest BCUT2D eigenvalue weighted by Crippen LogP contribution is 2.31. The van der Waals surface area contributed by atoms with Gasteiger partial charge in [-0.15, -0.1) is 0 Å². The second-order valence-corrected chi connectivity index (χ2v) is 4.12. The Morgan fingerprint density at radius 1 is 1.17 bits per heavy atom. The summed E-state index contributed by atoms with van der Waals surface area (Å²) in [7, 11) is 0. The molecule has 0 saturated heterocycles. The maximum absolute atomic E-state index is 12.7. The van der Waals surface area contributed by atoms with Crippen LogP contribution in [-0.4, -0.2) is 9.78 Å². The van der Waals surface area contributed by atoms with E-state index in [2.05, 4.69) is 5.10 Å². The van der Waals surface area contributed by atoms with Crippen LogP contribution in [0.15, 0.2) is 24.3 Å². The van der Waals surface area contributed by atoms with E-state index in [9.17, 15) is 13.2 Å². The van der Waals surface area contributed by atoms with E-state index in [1.54, 1.807) is 19.9 Å². The molecule has 0 aliphatic heterocycles. The van der Waals surface area contributed by atoms with Crippen molar-refractivity contribution in [2.75, 3.05) is 5.73 Å². The van der Waals surface area contributed by atoms with E-state index in [-0.39, 0.29) is 5.82 Å². The number of aryl methyl sites for hydroxylation is 2. The Kier molecular flexibility index (Phi) is 2.80. The van der Waals surface area contributed by atoms with E-state index in [1.165, 1.54) is 10.7 Å². The van der Waals surface area contributed by atoms with E-state index in [0.29, 0.717) is 16.9 Å². The Labute approximate surface area is 102 Å². The van der Waals surface area contributed by atoms with Crippen molar-refractivity contribution in [3.63, 3.8) is 0 Å². The van der Waals surface area contributed by atoms with Crippen LogP contribution >= 0.6 is 0 Å². The smallest absolute Gasteiger partial charge is 0.382 e. The molecule has 2 aromatic rings. The molecule has 6 heteroatoms. The van der Waals surface area contributed by atoms with E-state index in [1.807, 2.05) is 0 Å². The van der Waals surface area contributed by atoms with E-state index in [4.69, 9.17) is 5.73 Å². The van der Waals surface area contributed by atoms with Gasteiger partial charge in [-0.2, -0.15) is 18.3 Å². The summed E-state index contributed by atoms with van der Waals surface area (Å²) >= 11 is 0. The first-order chi connectivity index (χ1) is 8.29. The Morgan fingerprint density at radius 3 is 2.33 bits per heavy atom. The Morgan fingerprint density at radius 2 is 1.83 bits per heavy atom. The summed E-state index contributed by atoms with van der Waals surface area (Å²) in [5.41, 5.74) is 6.62. The molecule has 2 rings (SSSR count). The summed E-state index contributed by atoms with van der Waals surface area (Å²) in [4.78, 5) is 0. The molecule has 1 aromatic carbocycles. The Balaban J connectivity index is 2.60. The number of aromatic nitrogens is 2. The van der Waals surface area contributed by atoms with Crippen LogP contribution in [0.2, 0.25) is 0 Å². The van der Waals surface area contributed by atoms with Crippen molar-refractivity contribution in [3.8, 4) is 5.69 Å². The third kappa shape index (κ3) is 2.18. The maximum Gasteiger partial charge on any atom is 0.416 e. The third-order valence-corrected chi connectivity index (χ3v) is 2.67. The number of hydrogen-bond acceptors (Lipinski definition) is 2. The van der Waals surface area contributed by atoms with Gasteiger partial charge in [0.2, 0.25) is 0 Å². The minimum absolute atomic E-state index is 0.282. The molecular weight excluding hydrogens is 243 g/mol. The highest BCUT2D eigenvalue weighted by atomic mass is 19.4. The second kappa shape index (κ2) is 4.04. The second-order valence-electron chi connectivity index (χ2n) is 4.12. The van der Waals surface area contributed by atoms with Crippen LogP contribution < -0.4 is 5.73 Å². The summed E-state index contributed by atoms with van der Waals surface area (Å²) in [5, 5.41) is 3.99. The number of halogens is 3. The van der Waals surface area contributed by atoms with E-state index in [0.717, 1.165) is 12.1 Å². The van der Waals surface area contributed by atoms with Gasteiger partial charge in [0.1, 0.15) is 5.82 Å². The van der Waals surface area contributed by atoms with Gasteiger partial charge < -0.3 is 5.73 Å². The molecule has 0 fully saturated rings. The lowest BCUT2D eigenvalue weighted by Crippen LogP contribution is -2.08. The molecule has 0 spiro atoms. The predicted octanol–water partition coefficient (Wildman–Crippen LogP) is 3.09. The van der Waals surface area contributed by atoms with Crippen molar-refractivity contribution in [1.82, 2.24) is 9.78 Å². The van der Waals surface area contributed by atoms with Crippen molar-refractivity contribution in [1.29, 1.82) is 0 Å². The predicted molar refractivity (Wildman–Crippen MR) is 62.5 cm³/mol. The maximum atomic E-state index is 12.7. The average molecular weight is 255 g/mol. The van der Waals surface area contributed by atoms with Crippen molar-refractivity contribution >= 4 is 5.82 Å². The summed E-state index contributed by atoms with van der Waals surface area (Å²) in [6.45, 7) is 3.47. The molecular formula is C12H12F3N3. The summed E-state index contributed by atoms with van der Waals surface area (Å²) < 4.78 is 39.4. The highest BCUT2D eigenvalue weighted by Gasteiger charge is 2.31. The van der Waals surface area contributed by atoms with Gasteiger partial charge in [0.05, 0.1) is 11.3 Å². The lowest BCUT2D eigenvalue weighted by atomic mass is 10.1. The molecule has 0 bridgehead atoms. The Hall–Kier alpha value is -1.98. The zero-order valence-corrected chi connectivity index (χ0v) is 9.92. The summed E-state index contributed by atoms with van der Waals surface area (Å²) in [6, 6.07) is 5.17. The van der Waals surface area contributed by atoms with Gasteiger partial charge in [-0.1, -0.05) is 6.07 Å². The number of benzene rings is 1. The van der Waals surface area contributed by atoms with Gasteiger partial charge >= 0.3 is 6.18 Å². The zero-order valence-electron chi connectivity index (χ0n) is 9.92. The topological polar surface area (TPSA) is 43.8 Å². The number of nitrogens with two attached hydrogens (primary N) is 1. The van der Waals surface area contributed by atoms with Crippen LogP contribution in [0.3, 0.4) is 0 Å². The first-order valence-corrected chi connectivity index (χ1v) is 5.29. The summed E-state index contributed by atoms with van der Waals surface area (Å²) in [5.74, 6) is 0.282. The van der Waals surface area contributed by atoms with Crippen LogP contribution in [0.4, 0.5) is 19.0 Å². The normalized spacial score (nSPS) is 11.8. The first-order valence-electron chi connectivity index (χ1n) is 5.29. The fourth-order valence-corrected chi connectivity index (χ4v) is 1.76. The largest absolute Gasteiger partial charge is 0.416 e. The number of alkyl halides is 3. The lowest BCUT2D eigenvalue weighted by molar-refractivity contribution is -0.137. The molecule has 0 amide bonds. The molecule has 0 radical (unpaired) electrons. The number of nitrogen functional groups attached to an aromatic ring is 1. The van der Waals surface area contributed by atoms with Crippen LogP contribution in [0.1, 0.15) is 16.8 Å². The SMILES string of the molecule is Cc1ccc(C(F)(F)F)cc1-n1nc(N)cc1C. The van der Waals surface area contributed by atoms with Gasteiger partial charge in [-0.25, -0.2) is 4.68 Å². The number of rotatable bonds is 1. The minimum Gasteiger partial charge on any atom is -0.382 e. The molecule has 1 heterocycles. The molecule has 0 aliphatic carbocycles. The number of hydrogen-bond donors (Lipinski definition) is 1. The third-order valence-electron chi connectivity index (χ3n) is 2.67. The van der Waals surface area contributed by atoms with Crippen molar-refractivity contribution in [3.05, 3.63) is 41.1 Å². The summed E-state index contributed by atoms with van der Waals surface area (Å²) in [6.07, 6.45) is -4.37. The minimum atomic E-state index is -4.37. The molecule has 0 saturated carbocycles. The molecule has 0 unspecified atom stereocenters.